The number of aryl methyl sites for hydroxylation is 2. The van der Waals surface area contributed by atoms with Crippen molar-refractivity contribution in [3.8, 4) is 28.1 Å². The third-order valence-corrected chi connectivity index (χ3v) is 4.51. The van der Waals surface area contributed by atoms with Crippen LogP contribution in [0.5, 0.6) is 5.75 Å². The second kappa shape index (κ2) is 7.66. The van der Waals surface area contributed by atoms with Crippen LogP contribution < -0.4 is 4.74 Å². The number of hydrogen-bond donors (Lipinski definition) is 1. The van der Waals surface area contributed by atoms with Gasteiger partial charge in [-0.25, -0.2) is 4.79 Å². The van der Waals surface area contributed by atoms with E-state index in [2.05, 4.69) is 9.97 Å². The van der Waals surface area contributed by atoms with E-state index in [0.717, 1.165) is 45.0 Å². The van der Waals surface area contributed by atoms with Crippen molar-refractivity contribution in [1.29, 1.82) is 0 Å². The van der Waals surface area contributed by atoms with E-state index in [1.54, 1.807) is 14.0 Å². The first-order valence-corrected chi connectivity index (χ1v) is 8.94. The maximum atomic E-state index is 12.6. The molecule has 3 aromatic rings. The van der Waals surface area contributed by atoms with Gasteiger partial charge >= 0.3 is 5.97 Å². The molecule has 1 aromatic carbocycles. The number of nitrogens with zero attached hydrogens (tertiary/aromatic N) is 1. The largest absolute Gasteiger partial charge is 0.496 e. The van der Waals surface area contributed by atoms with Gasteiger partial charge in [-0.2, -0.15) is 0 Å². The number of pyridine rings is 1. The molecule has 140 valence electrons. The molecule has 0 radical (unpaired) electrons. The number of esters is 1. The minimum atomic E-state index is -0.389. The molecule has 0 aliphatic carbocycles. The number of carbonyl (C=O) groups is 1. The number of benzene rings is 1. The van der Waals surface area contributed by atoms with Crippen molar-refractivity contribution in [2.45, 2.75) is 27.7 Å². The highest BCUT2D eigenvalue weighted by Gasteiger charge is 2.23. The Bertz CT molecular complexity index is 969. The summed E-state index contributed by atoms with van der Waals surface area (Å²) in [6, 6.07) is 9.88. The first-order valence-electron chi connectivity index (χ1n) is 8.94. The average Bonchev–Trinajstić information content (AvgIpc) is 3.06. The molecule has 27 heavy (non-hydrogen) atoms. The third kappa shape index (κ3) is 3.58. The Kier molecular flexibility index (Phi) is 5.31. The quantitative estimate of drug-likeness (QED) is 0.657. The topological polar surface area (TPSA) is 64.2 Å². The summed E-state index contributed by atoms with van der Waals surface area (Å²) >= 11 is 0. The summed E-state index contributed by atoms with van der Waals surface area (Å²) in [5, 5.41) is 0. The maximum Gasteiger partial charge on any atom is 0.355 e. The minimum absolute atomic E-state index is 0.311. The summed E-state index contributed by atoms with van der Waals surface area (Å²) < 4.78 is 10.7. The number of ether oxygens (including phenoxy) is 2. The molecule has 0 saturated carbocycles. The smallest absolute Gasteiger partial charge is 0.355 e. The van der Waals surface area contributed by atoms with Gasteiger partial charge in [0.2, 0.25) is 0 Å². The zero-order valence-electron chi connectivity index (χ0n) is 16.3. The molecule has 0 spiro atoms. The summed E-state index contributed by atoms with van der Waals surface area (Å²) in [4.78, 5) is 20.3. The molecule has 0 unspecified atom stereocenters. The summed E-state index contributed by atoms with van der Waals surface area (Å²) in [6.07, 6.45) is 1.84. The van der Waals surface area contributed by atoms with Crippen molar-refractivity contribution < 1.29 is 14.3 Å². The van der Waals surface area contributed by atoms with E-state index in [-0.39, 0.29) is 5.97 Å². The van der Waals surface area contributed by atoms with Crippen molar-refractivity contribution in [2.75, 3.05) is 13.7 Å². The number of aromatic amines is 1. The highest BCUT2D eigenvalue weighted by Crippen LogP contribution is 2.38. The van der Waals surface area contributed by atoms with Crippen LogP contribution in [0, 0.1) is 20.8 Å². The lowest BCUT2D eigenvalue weighted by Crippen LogP contribution is -2.07. The van der Waals surface area contributed by atoms with Crippen LogP contribution in [0.25, 0.3) is 22.4 Å². The SMILES string of the molecule is CCOC(=O)c1[nH]cc(-c2cccc(OC)c2C)c1-c1cc(C)cc(C)n1. The Balaban J connectivity index is 2.29. The number of aromatic nitrogens is 2. The molecule has 0 amide bonds. The Morgan fingerprint density at radius 3 is 2.59 bits per heavy atom. The summed E-state index contributed by atoms with van der Waals surface area (Å²) in [6.45, 7) is 8.08. The molecule has 0 fully saturated rings. The molecule has 1 N–H and O–H groups in total. The van der Waals surface area contributed by atoms with E-state index in [1.165, 1.54) is 0 Å². The van der Waals surface area contributed by atoms with Crippen molar-refractivity contribution in [1.82, 2.24) is 9.97 Å². The monoisotopic (exact) mass is 364 g/mol. The predicted octanol–water partition coefficient (Wildman–Crippen LogP) is 4.85. The zero-order valence-corrected chi connectivity index (χ0v) is 16.3. The highest BCUT2D eigenvalue weighted by atomic mass is 16.5. The Hall–Kier alpha value is -3.08. The third-order valence-electron chi connectivity index (χ3n) is 4.51. The predicted molar refractivity (Wildman–Crippen MR) is 106 cm³/mol. The van der Waals surface area contributed by atoms with Crippen LogP contribution in [-0.4, -0.2) is 29.7 Å². The first kappa shape index (κ1) is 18.7. The lowest BCUT2D eigenvalue weighted by atomic mass is 9.95. The van der Waals surface area contributed by atoms with Gasteiger partial charge in [0.1, 0.15) is 11.4 Å². The number of carbonyl (C=O) groups excluding carboxylic acids is 1. The molecular formula is C22H24N2O3. The summed E-state index contributed by atoms with van der Waals surface area (Å²) in [7, 11) is 1.65. The molecule has 0 bridgehead atoms. The summed E-state index contributed by atoms with van der Waals surface area (Å²) in [5.41, 5.74) is 6.76. The fourth-order valence-electron chi connectivity index (χ4n) is 3.36. The molecule has 3 rings (SSSR count). The maximum absolute atomic E-state index is 12.6. The Labute approximate surface area is 159 Å². The summed E-state index contributed by atoms with van der Waals surface area (Å²) in [5.74, 6) is 0.408. The standard InChI is InChI=1S/C22H24N2O3/c1-6-27-22(25)21-20(18-11-13(2)10-14(3)24-18)17(12-23-21)16-8-7-9-19(26-5)15(16)4/h7-12,23H,6H2,1-5H3. The average molecular weight is 364 g/mol. The molecule has 0 aliphatic rings. The van der Waals surface area contributed by atoms with Gasteiger partial charge in [-0.1, -0.05) is 12.1 Å². The van der Waals surface area contributed by atoms with Crippen molar-refractivity contribution in [2.24, 2.45) is 0 Å². The zero-order chi connectivity index (χ0) is 19.6. The van der Waals surface area contributed by atoms with Crippen LogP contribution in [0.2, 0.25) is 0 Å². The lowest BCUT2D eigenvalue weighted by Gasteiger charge is -2.13. The van der Waals surface area contributed by atoms with Gasteiger partial charge in [0.25, 0.3) is 0 Å². The molecule has 2 aromatic heterocycles. The van der Waals surface area contributed by atoms with Gasteiger partial charge in [0.05, 0.1) is 19.4 Å². The fraction of sp³-hybridized carbons (Fsp3) is 0.273. The van der Waals surface area contributed by atoms with Gasteiger partial charge in [0, 0.05) is 23.0 Å². The van der Waals surface area contributed by atoms with Crippen LogP contribution in [0.1, 0.15) is 34.2 Å². The van der Waals surface area contributed by atoms with E-state index in [0.29, 0.717) is 12.3 Å². The van der Waals surface area contributed by atoms with Gasteiger partial charge in [-0.15, -0.1) is 0 Å². The number of methoxy groups -OCH3 is 1. The van der Waals surface area contributed by atoms with Crippen molar-refractivity contribution in [3.05, 3.63) is 59.0 Å². The Morgan fingerprint density at radius 2 is 1.93 bits per heavy atom. The van der Waals surface area contributed by atoms with Crippen LogP contribution in [-0.2, 0) is 4.74 Å². The molecule has 5 nitrogen and oxygen atoms in total. The molecule has 2 heterocycles. The van der Waals surface area contributed by atoms with Gasteiger partial charge in [-0.3, -0.25) is 4.98 Å². The van der Waals surface area contributed by atoms with Gasteiger partial charge in [0.15, 0.2) is 0 Å². The molecule has 0 saturated heterocycles. The van der Waals surface area contributed by atoms with E-state index in [9.17, 15) is 4.79 Å². The number of H-pyrrole nitrogens is 1. The van der Waals surface area contributed by atoms with Crippen LogP contribution in [0.15, 0.2) is 36.5 Å². The van der Waals surface area contributed by atoms with E-state index in [1.807, 2.05) is 57.3 Å². The van der Waals surface area contributed by atoms with Crippen LogP contribution in [0.3, 0.4) is 0 Å². The normalized spacial score (nSPS) is 10.7. The van der Waals surface area contributed by atoms with E-state index in [4.69, 9.17) is 9.47 Å². The molecule has 0 aliphatic heterocycles. The van der Waals surface area contributed by atoms with E-state index >= 15 is 0 Å². The Morgan fingerprint density at radius 1 is 1.15 bits per heavy atom. The van der Waals surface area contributed by atoms with Gasteiger partial charge in [-0.05, 0) is 62.6 Å². The fourth-order valence-corrected chi connectivity index (χ4v) is 3.36. The second-order valence-corrected chi connectivity index (χ2v) is 6.48. The number of nitrogens with one attached hydrogen (secondary N) is 1. The molecule has 0 atom stereocenters. The minimum Gasteiger partial charge on any atom is -0.496 e. The first-order chi connectivity index (χ1) is 13.0. The van der Waals surface area contributed by atoms with Crippen molar-refractivity contribution in [3.63, 3.8) is 0 Å². The number of hydrogen-bond acceptors (Lipinski definition) is 4. The van der Waals surface area contributed by atoms with Crippen LogP contribution in [0.4, 0.5) is 0 Å². The highest BCUT2D eigenvalue weighted by molar-refractivity contribution is 6.01. The van der Waals surface area contributed by atoms with E-state index < -0.39 is 0 Å². The van der Waals surface area contributed by atoms with Crippen molar-refractivity contribution >= 4 is 5.97 Å². The molecular weight excluding hydrogens is 340 g/mol. The lowest BCUT2D eigenvalue weighted by molar-refractivity contribution is 0.0521. The van der Waals surface area contributed by atoms with Gasteiger partial charge < -0.3 is 14.5 Å². The number of rotatable bonds is 5. The second-order valence-electron chi connectivity index (χ2n) is 6.48. The van der Waals surface area contributed by atoms with Crippen LogP contribution >= 0.6 is 0 Å². The molecule has 5 heteroatoms.